The molecule has 2 heteroatoms. The first-order valence-corrected chi connectivity index (χ1v) is 7.95. The molecule has 0 aromatic heterocycles. The molecule has 0 heterocycles. The highest BCUT2D eigenvalue weighted by Crippen LogP contribution is 2.37. The van der Waals surface area contributed by atoms with Gasteiger partial charge in [-0.05, 0) is 61.9 Å². The standard InChI is InChI=1S/C17H28O2/c1-12(2)15-9-8-13(3)10-16(15)19-17(11-18)14-6-4-5-7-14/h11-13,15-16H,4-10H2,1-3H3. The molecule has 2 fully saturated rings. The van der Waals surface area contributed by atoms with Gasteiger partial charge in [0.15, 0.2) is 12.0 Å². The van der Waals surface area contributed by atoms with Gasteiger partial charge in [-0.2, -0.15) is 0 Å². The Hall–Kier alpha value is -0.790. The highest BCUT2D eigenvalue weighted by atomic mass is 16.5. The second-order valence-electron chi connectivity index (χ2n) is 6.78. The lowest BCUT2D eigenvalue weighted by Gasteiger charge is -2.37. The molecular weight excluding hydrogens is 236 g/mol. The van der Waals surface area contributed by atoms with E-state index in [1.807, 2.05) is 0 Å². The van der Waals surface area contributed by atoms with Crippen LogP contribution in [0.3, 0.4) is 0 Å². The van der Waals surface area contributed by atoms with Crippen molar-refractivity contribution in [2.24, 2.45) is 17.8 Å². The molecule has 2 nitrogen and oxygen atoms in total. The first-order chi connectivity index (χ1) is 9.11. The predicted molar refractivity (Wildman–Crippen MR) is 77.8 cm³/mol. The first kappa shape index (κ1) is 14.6. The zero-order valence-corrected chi connectivity index (χ0v) is 12.7. The van der Waals surface area contributed by atoms with Gasteiger partial charge >= 0.3 is 0 Å². The highest BCUT2D eigenvalue weighted by Gasteiger charge is 2.33. The number of carbonyl (C=O) groups excluding carboxylic acids is 1. The molecule has 2 saturated carbocycles. The molecule has 108 valence electrons. The van der Waals surface area contributed by atoms with E-state index in [1.165, 1.54) is 31.3 Å². The quantitative estimate of drug-likeness (QED) is 0.425. The fourth-order valence-corrected chi connectivity index (χ4v) is 3.66. The van der Waals surface area contributed by atoms with Crippen molar-refractivity contribution in [3.63, 3.8) is 0 Å². The average molecular weight is 264 g/mol. The van der Waals surface area contributed by atoms with E-state index < -0.39 is 0 Å². The van der Waals surface area contributed by atoms with Gasteiger partial charge in [0, 0.05) is 0 Å². The average Bonchev–Trinajstić information content (AvgIpc) is 2.89. The Morgan fingerprint density at radius 3 is 2.53 bits per heavy atom. The fraction of sp³-hybridized carbons (Fsp3) is 0.824. The summed E-state index contributed by atoms with van der Waals surface area (Å²) in [4.78, 5) is 11.3. The molecule has 0 aliphatic heterocycles. The molecule has 0 bridgehead atoms. The Balaban J connectivity index is 2.09. The summed E-state index contributed by atoms with van der Waals surface area (Å²) in [6.45, 7) is 6.86. The molecule has 2 rings (SSSR count). The topological polar surface area (TPSA) is 26.3 Å². The summed E-state index contributed by atoms with van der Waals surface area (Å²) in [5.74, 6) is 2.64. The molecule has 0 radical (unpaired) electrons. The number of ether oxygens (including phenoxy) is 1. The maximum absolute atomic E-state index is 11.3. The molecule has 2 aliphatic rings. The number of rotatable bonds is 4. The Labute approximate surface area is 117 Å². The third kappa shape index (κ3) is 3.61. The molecule has 3 unspecified atom stereocenters. The van der Waals surface area contributed by atoms with Crippen LogP contribution in [-0.2, 0) is 9.53 Å². The minimum atomic E-state index is 0.247. The van der Waals surface area contributed by atoms with E-state index in [-0.39, 0.29) is 6.10 Å². The van der Waals surface area contributed by atoms with Crippen LogP contribution in [0.2, 0.25) is 0 Å². The van der Waals surface area contributed by atoms with Gasteiger partial charge in [-0.1, -0.05) is 27.2 Å². The van der Waals surface area contributed by atoms with Gasteiger partial charge in [0.05, 0.1) is 0 Å². The van der Waals surface area contributed by atoms with Crippen LogP contribution < -0.4 is 0 Å². The Morgan fingerprint density at radius 2 is 1.95 bits per heavy atom. The lowest BCUT2D eigenvalue weighted by Crippen LogP contribution is -2.34. The molecule has 0 aromatic rings. The van der Waals surface area contributed by atoms with Crippen LogP contribution in [0, 0.1) is 17.8 Å². The van der Waals surface area contributed by atoms with Crippen LogP contribution in [0.1, 0.15) is 65.7 Å². The first-order valence-electron chi connectivity index (χ1n) is 7.95. The molecule has 0 aromatic carbocycles. The van der Waals surface area contributed by atoms with E-state index in [2.05, 4.69) is 20.8 Å². The van der Waals surface area contributed by atoms with Crippen molar-refractivity contribution in [3.8, 4) is 0 Å². The van der Waals surface area contributed by atoms with Gasteiger partial charge in [0.25, 0.3) is 0 Å². The maximum Gasteiger partial charge on any atom is 0.184 e. The summed E-state index contributed by atoms with van der Waals surface area (Å²) in [6.07, 6.45) is 9.39. The molecule has 0 saturated heterocycles. The molecule has 0 amide bonds. The molecule has 0 spiro atoms. The summed E-state index contributed by atoms with van der Waals surface area (Å²) in [6, 6.07) is 0. The fourth-order valence-electron chi connectivity index (χ4n) is 3.66. The predicted octanol–water partition coefficient (Wildman–Crippen LogP) is 4.49. The smallest absolute Gasteiger partial charge is 0.184 e. The van der Waals surface area contributed by atoms with E-state index in [0.717, 1.165) is 31.5 Å². The van der Waals surface area contributed by atoms with Crippen molar-refractivity contribution in [1.29, 1.82) is 0 Å². The Kier molecular flexibility index (Phi) is 5.06. The summed E-state index contributed by atoms with van der Waals surface area (Å²) in [5.41, 5.74) is 1.26. The second kappa shape index (κ2) is 6.58. The van der Waals surface area contributed by atoms with E-state index in [4.69, 9.17) is 4.74 Å². The van der Waals surface area contributed by atoms with Gasteiger partial charge in [-0.25, -0.2) is 0 Å². The molecule has 2 aliphatic carbocycles. The zero-order valence-electron chi connectivity index (χ0n) is 12.7. The van der Waals surface area contributed by atoms with Crippen molar-refractivity contribution in [3.05, 3.63) is 11.3 Å². The van der Waals surface area contributed by atoms with Crippen LogP contribution in [0.25, 0.3) is 0 Å². The van der Waals surface area contributed by atoms with Crippen molar-refractivity contribution >= 4 is 6.29 Å². The minimum Gasteiger partial charge on any atom is -0.487 e. The summed E-state index contributed by atoms with van der Waals surface area (Å²) < 4.78 is 6.18. The lowest BCUT2D eigenvalue weighted by molar-refractivity contribution is -0.110. The largest absolute Gasteiger partial charge is 0.487 e. The van der Waals surface area contributed by atoms with E-state index in [9.17, 15) is 4.79 Å². The molecule has 0 N–H and O–H groups in total. The van der Waals surface area contributed by atoms with Crippen LogP contribution >= 0.6 is 0 Å². The van der Waals surface area contributed by atoms with Gasteiger partial charge in [-0.3, -0.25) is 4.79 Å². The number of aldehydes is 1. The minimum absolute atomic E-state index is 0.247. The normalized spacial score (nSPS) is 31.6. The molecular formula is C17H28O2. The second-order valence-corrected chi connectivity index (χ2v) is 6.78. The Morgan fingerprint density at radius 1 is 1.26 bits per heavy atom. The zero-order chi connectivity index (χ0) is 13.8. The number of hydrogen-bond donors (Lipinski definition) is 0. The van der Waals surface area contributed by atoms with E-state index in [0.29, 0.717) is 17.6 Å². The number of carbonyl (C=O) groups is 1. The van der Waals surface area contributed by atoms with E-state index in [1.54, 1.807) is 0 Å². The lowest BCUT2D eigenvalue weighted by atomic mass is 9.75. The molecule has 3 atom stereocenters. The van der Waals surface area contributed by atoms with Gasteiger partial charge in [0.2, 0.25) is 0 Å². The number of hydrogen-bond acceptors (Lipinski definition) is 2. The van der Waals surface area contributed by atoms with Gasteiger partial charge in [0.1, 0.15) is 6.10 Å². The van der Waals surface area contributed by atoms with Crippen LogP contribution in [0.4, 0.5) is 0 Å². The van der Waals surface area contributed by atoms with Gasteiger partial charge in [-0.15, -0.1) is 0 Å². The summed E-state index contributed by atoms with van der Waals surface area (Å²) in [7, 11) is 0. The highest BCUT2D eigenvalue weighted by molar-refractivity contribution is 5.71. The van der Waals surface area contributed by atoms with Crippen LogP contribution in [-0.4, -0.2) is 12.4 Å². The van der Waals surface area contributed by atoms with Crippen LogP contribution in [0.15, 0.2) is 11.3 Å². The summed E-state index contributed by atoms with van der Waals surface area (Å²) >= 11 is 0. The number of allylic oxidation sites excluding steroid dienone is 2. The Bertz CT molecular complexity index is 335. The monoisotopic (exact) mass is 264 g/mol. The summed E-state index contributed by atoms with van der Waals surface area (Å²) in [5, 5.41) is 0. The SMILES string of the molecule is CC1CCC(C(C)C)C(OC(C=O)=C2CCCC2)C1. The maximum atomic E-state index is 11.3. The van der Waals surface area contributed by atoms with Crippen molar-refractivity contribution in [2.45, 2.75) is 71.8 Å². The molecule has 19 heavy (non-hydrogen) atoms. The third-order valence-electron chi connectivity index (χ3n) is 4.90. The van der Waals surface area contributed by atoms with Crippen molar-refractivity contribution < 1.29 is 9.53 Å². The third-order valence-corrected chi connectivity index (χ3v) is 4.90. The van der Waals surface area contributed by atoms with E-state index >= 15 is 0 Å². The van der Waals surface area contributed by atoms with Crippen molar-refractivity contribution in [1.82, 2.24) is 0 Å². The van der Waals surface area contributed by atoms with Gasteiger partial charge < -0.3 is 4.74 Å². The van der Waals surface area contributed by atoms with Crippen molar-refractivity contribution in [2.75, 3.05) is 0 Å². The van der Waals surface area contributed by atoms with Crippen LogP contribution in [0.5, 0.6) is 0 Å².